The van der Waals surface area contributed by atoms with Gasteiger partial charge in [0.05, 0.1) is 11.0 Å². The number of carbonyl (C=O) groups excluding carboxylic acids is 1. The van der Waals surface area contributed by atoms with Crippen molar-refractivity contribution in [1.82, 2.24) is 10.2 Å². The molecule has 0 saturated heterocycles. The third-order valence-corrected chi connectivity index (χ3v) is 8.26. The molecule has 1 aromatic rings. The maximum atomic E-state index is 12.7. The van der Waals surface area contributed by atoms with Gasteiger partial charge in [-0.05, 0) is 65.4 Å². The molecule has 0 aliphatic heterocycles. The number of carbonyl (C=O) groups is 2. The van der Waals surface area contributed by atoms with Crippen LogP contribution in [0.5, 0.6) is 0 Å². The average Bonchev–Trinajstić information content (AvgIpc) is 2.67. The lowest BCUT2D eigenvalue weighted by molar-refractivity contribution is 0.0418. The summed E-state index contributed by atoms with van der Waals surface area (Å²) in [5.74, 6) is -0.516. The van der Waals surface area contributed by atoms with E-state index in [1.165, 1.54) is 4.90 Å². The molecule has 9 heteroatoms. The molecule has 8 nitrogen and oxygen atoms in total. The number of amides is 2. The van der Waals surface area contributed by atoms with Gasteiger partial charge in [0.25, 0.3) is 0 Å². The van der Waals surface area contributed by atoms with Crippen LogP contribution in [0.2, 0.25) is 0 Å². The highest BCUT2D eigenvalue weighted by Gasteiger charge is 2.41. The zero-order valence-corrected chi connectivity index (χ0v) is 20.4. The van der Waals surface area contributed by atoms with Crippen molar-refractivity contribution in [3.63, 3.8) is 0 Å². The number of nitrogens with one attached hydrogen (secondary N) is 1. The van der Waals surface area contributed by atoms with Crippen LogP contribution in [0.1, 0.15) is 59.4 Å². The van der Waals surface area contributed by atoms with E-state index < -0.39 is 44.8 Å². The largest absolute Gasteiger partial charge is 0.465 e. The number of hydrogen-bond acceptors (Lipinski definition) is 5. The summed E-state index contributed by atoms with van der Waals surface area (Å²) < 4.78 is 30.7. The van der Waals surface area contributed by atoms with Gasteiger partial charge in [0.2, 0.25) is 0 Å². The number of benzene rings is 1. The molecule has 3 atom stereocenters. The maximum absolute atomic E-state index is 12.7. The normalized spacial score (nSPS) is 21.8. The van der Waals surface area contributed by atoms with Crippen molar-refractivity contribution in [2.45, 2.75) is 83.4 Å². The van der Waals surface area contributed by atoms with E-state index in [9.17, 15) is 23.1 Å². The molecule has 2 amide bonds. The molecule has 2 N–H and O–H groups in total. The molecule has 1 aromatic carbocycles. The fourth-order valence-electron chi connectivity index (χ4n) is 4.25. The highest BCUT2D eigenvalue weighted by atomic mass is 32.2. The first-order chi connectivity index (χ1) is 14.8. The highest BCUT2D eigenvalue weighted by Crippen LogP contribution is 2.33. The standard InChI is InChI=1S/C23H36N2O6S/c1-16(2)32(29,30)15-18-13-19(25(22(27)28)23(3,4)5)11-12-20(18)24-21(26)31-14-17-9-7-6-8-10-17/h6-10,16,18-20H,11-15H2,1-5H3,(H,24,26)(H,27,28)/t18-,19+,20-/m0/s1. The second-order valence-corrected chi connectivity index (χ2v) is 12.3. The minimum absolute atomic E-state index is 0.109. The van der Waals surface area contributed by atoms with Crippen molar-refractivity contribution in [3.8, 4) is 0 Å². The molecule has 1 aliphatic carbocycles. The van der Waals surface area contributed by atoms with Crippen molar-refractivity contribution in [1.29, 1.82) is 0 Å². The first-order valence-electron chi connectivity index (χ1n) is 11.0. The van der Waals surface area contributed by atoms with E-state index in [1.807, 2.05) is 51.1 Å². The van der Waals surface area contributed by atoms with Gasteiger partial charge in [-0.1, -0.05) is 30.3 Å². The number of sulfone groups is 1. The Morgan fingerprint density at radius 3 is 2.34 bits per heavy atom. The molecular weight excluding hydrogens is 432 g/mol. The highest BCUT2D eigenvalue weighted by molar-refractivity contribution is 7.91. The van der Waals surface area contributed by atoms with Gasteiger partial charge in [0.1, 0.15) is 6.61 Å². The van der Waals surface area contributed by atoms with E-state index >= 15 is 0 Å². The molecule has 0 radical (unpaired) electrons. The van der Waals surface area contributed by atoms with Crippen LogP contribution in [0.3, 0.4) is 0 Å². The van der Waals surface area contributed by atoms with E-state index in [0.717, 1.165) is 5.56 Å². The summed E-state index contributed by atoms with van der Waals surface area (Å²) in [5.41, 5.74) is 0.236. The van der Waals surface area contributed by atoms with Gasteiger partial charge in [0, 0.05) is 17.6 Å². The van der Waals surface area contributed by atoms with Crippen LogP contribution >= 0.6 is 0 Å². The lowest BCUT2D eigenvalue weighted by atomic mass is 9.81. The fraction of sp³-hybridized carbons (Fsp3) is 0.652. The van der Waals surface area contributed by atoms with Crippen LogP contribution in [0.25, 0.3) is 0 Å². The molecular formula is C23H36N2O6S. The van der Waals surface area contributed by atoms with E-state index in [1.54, 1.807) is 13.8 Å². The Labute approximate surface area is 191 Å². The summed E-state index contributed by atoms with van der Waals surface area (Å²) in [7, 11) is -3.38. The minimum atomic E-state index is -3.38. The molecule has 1 fully saturated rings. The van der Waals surface area contributed by atoms with Crippen LogP contribution in [0.4, 0.5) is 9.59 Å². The number of hydrogen-bond donors (Lipinski definition) is 2. The summed E-state index contributed by atoms with van der Waals surface area (Å²) in [6, 6.07) is 8.56. The maximum Gasteiger partial charge on any atom is 0.407 e. The van der Waals surface area contributed by atoms with Gasteiger partial charge in [0.15, 0.2) is 9.84 Å². The molecule has 1 aliphatic rings. The summed E-state index contributed by atoms with van der Waals surface area (Å²) in [5, 5.41) is 12.1. The Morgan fingerprint density at radius 2 is 1.81 bits per heavy atom. The number of carboxylic acid groups (broad SMARTS) is 1. The molecule has 0 unspecified atom stereocenters. The molecule has 1 saturated carbocycles. The smallest absolute Gasteiger partial charge is 0.407 e. The summed E-state index contributed by atoms with van der Waals surface area (Å²) >= 11 is 0. The molecule has 0 spiro atoms. The Kier molecular flexibility index (Phi) is 8.56. The minimum Gasteiger partial charge on any atom is -0.465 e. The van der Waals surface area contributed by atoms with Crippen LogP contribution in [0, 0.1) is 5.92 Å². The van der Waals surface area contributed by atoms with Gasteiger partial charge in [-0.25, -0.2) is 18.0 Å². The molecule has 180 valence electrons. The van der Waals surface area contributed by atoms with Gasteiger partial charge < -0.3 is 20.1 Å². The van der Waals surface area contributed by atoms with Crippen LogP contribution in [-0.2, 0) is 21.2 Å². The van der Waals surface area contributed by atoms with Gasteiger partial charge in [-0.3, -0.25) is 0 Å². The molecule has 0 aromatic heterocycles. The summed E-state index contributed by atoms with van der Waals surface area (Å²) in [6.07, 6.45) is -0.259. The van der Waals surface area contributed by atoms with E-state index in [0.29, 0.717) is 19.3 Å². The fourth-order valence-corrected chi connectivity index (χ4v) is 5.60. The van der Waals surface area contributed by atoms with E-state index in [2.05, 4.69) is 5.32 Å². The Morgan fingerprint density at radius 1 is 1.19 bits per heavy atom. The van der Waals surface area contributed by atoms with Crippen molar-refractivity contribution in [2.75, 3.05) is 5.75 Å². The number of alkyl carbamates (subject to hydrolysis) is 1. The molecule has 32 heavy (non-hydrogen) atoms. The van der Waals surface area contributed by atoms with E-state index in [4.69, 9.17) is 4.74 Å². The zero-order chi connectivity index (χ0) is 24.1. The summed E-state index contributed by atoms with van der Waals surface area (Å²) in [4.78, 5) is 25.8. The lowest BCUT2D eigenvalue weighted by Crippen LogP contribution is -2.56. The molecule has 2 rings (SSSR count). The SMILES string of the molecule is CC(C)S(=O)(=O)C[C@@H]1C[C@H](N(C(=O)O)C(C)(C)C)CC[C@@H]1NC(=O)OCc1ccccc1. The van der Waals surface area contributed by atoms with Crippen LogP contribution < -0.4 is 5.32 Å². The average molecular weight is 469 g/mol. The quantitative estimate of drug-likeness (QED) is 0.624. The van der Waals surface area contributed by atoms with Gasteiger partial charge in [-0.2, -0.15) is 0 Å². The van der Waals surface area contributed by atoms with E-state index in [-0.39, 0.29) is 18.4 Å². The topological polar surface area (TPSA) is 113 Å². The van der Waals surface area contributed by atoms with Gasteiger partial charge in [-0.15, -0.1) is 0 Å². The van der Waals surface area contributed by atoms with Crippen molar-refractivity contribution in [3.05, 3.63) is 35.9 Å². The van der Waals surface area contributed by atoms with Crippen molar-refractivity contribution < 1.29 is 27.9 Å². The molecule has 0 heterocycles. The Balaban J connectivity index is 2.14. The number of ether oxygens (including phenoxy) is 1. The van der Waals surface area contributed by atoms with Crippen LogP contribution in [-0.4, -0.2) is 59.2 Å². The third-order valence-electron chi connectivity index (χ3n) is 5.93. The van der Waals surface area contributed by atoms with Crippen LogP contribution in [0.15, 0.2) is 30.3 Å². The summed E-state index contributed by atoms with van der Waals surface area (Å²) in [6.45, 7) is 8.86. The third kappa shape index (κ3) is 7.12. The predicted molar refractivity (Wildman–Crippen MR) is 123 cm³/mol. The lowest BCUT2D eigenvalue weighted by Gasteiger charge is -2.45. The second kappa shape index (κ2) is 10.6. The number of nitrogens with zero attached hydrogens (tertiary/aromatic N) is 1. The number of rotatable bonds is 7. The van der Waals surface area contributed by atoms with Crippen molar-refractivity contribution >= 4 is 22.0 Å². The predicted octanol–water partition coefficient (Wildman–Crippen LogP) is 4.05. The Hall–Kier alpha value is -2.29. The monoisotopic (exact) mass is 468 g/mol. The first-order valence-corrected chi connectivity index (χ1v) is 12.7. The second-order valence-electron chi connectivity index (χ2n) is 9.74. The first kappa shape index (κ1) is 26.0. The zero-order valence-electron chi connectivity index (χ0n) is 19.6. The molecule has 0 bridgehead atoms. The Bertz CT molecular complexity index is 879. The van der Waals surface area contributed by atoms with Crippen molar-refractivity contribution in [2.24, 2.45) is 5.92 Å². The van der Waals surface area contributed by atoms with Gasteiger partial charge >= 0.3 is 12.2 Å².